The van der Waals surface area contributed by atoms with Crippen LogP contribution in [0.15, 0.2) is 42.5 Å². The predicted octanol–water partition coefficient (Wildman–Crippen LogP) is 3.18. The number of hydrogen-bond donors (Lipinski definition) is 2. The maximum atomic E-state index is 12.7. The van der Waals surface area contributed by atoms with Gasteiger partial charge in [0.05, 0.1) is 5.56 Å². The van der Waals surface area contributed by atoms with Gasteiger partial charge < -0.3 is 11.1 Å². The van der Waals surface area contributed by atoms with Crippen LogP contribution in [0.4, 0.5) is 18.9 Å². The monoisotopic (exact) mass is 320 g/mol. The third-order valence-electron chi connectivity index (χ3n) is 3.95. The van der Waals surface area contributed by atoms with Crippen molar-refractivity contribution in [3.8, 4) is 0 Å². The molecular weight excluding hydrogens is 305 g/mol. The number of carbonyl (C=O) groups is 1. The van der Waals surface area contributed by atoms with Gasteiger partial charge in [-0.2, -0.15) is 13.2 Å². The molecule has 1 amide bonds. The summed E-state index contributed by atoms with van der Waals surface area (Å²) in [4.78, 5) is 12.2. The van der Waals surface area contributed by atoms with E-state index in [1.54, 1.807) is 6.07 Å². The van der Waals surface area contributed by atoms with Crippen LogP contribution in [-0.2, 0) is 19.0 Å². The summed E-state index contributed by atoms with van der Waals surface area (Å²) >= 11 is 0. The second kappa shape index (κ2) is 5.61. The molecule has 0 spiro atoms. The molecule has 0 radical (unpaired) electrons. The van der Waals surface area contributed by atoms with Gasteiger partial charge in [0.1, 0.15) is 0 Å². The normalized spacial score (nSPS) is 16.9. The number of carbonyl (C=O) groups excluding carboxylic acids is 1. The molecule has 2 aromatic rings. The molecule has 3 N–H and O–H groups in total. The van der Waals surface area contributed by atoms with Crippen LogP contribution in [0.5, 0.6) is 0 Å². The molecule has 3 rings (SSSR count). The topological polar surface area (TPSA) is 55.1 Å². The zero-order valence-electron chi connectivity index (χ0n) is 12.2. The van der Waals surface area contributed by atoms with Crippen LogP contribution in [0, 0.1) is 0 Å². The molecular formula is C17H15F3N2O. The van der Waals surface area contributed by atoms with Gasteiger partial charge >= 0.3 is 6.18 Å². The number of rotatable bonds is 2. The Bertz CT molecular complexity index is 756. The van der Waals surface area contributed by atoms with Gasteiger partial charge in [-0.3, -0.25) is 4.79 Å². The largest absolute Gasteiger partial charge is 0.416 e. The molecule has 120 valence electrons. The molecule has 6 heteroatoms. The molecule has 2 aromatic carbocycles. The van der Waals surface area contributed by atoms with Gasteiger partial charge in [-0.15, -0.1) is 0 Å². The zero-order chi connectivity index (χ0) is 16.6. The lowest BCUT2D eigenvalue weighted by atomic mass is 10.1. The van der Waals surface area contributed by atoms with Crippen molar-refractivity contribution in [1.82, 2.24) is 5.32 Å². The minimum atomic E-state index is -4.46. The Morgan fingerprint density at radius 2 is 1.83 bits per heavy atom. The Morgan fingerprint density at radius 1 is 1.09 bits per heavy atom. The first-order valence-corrected chi connectivity index (χ1v) is 7.18. The zero-order valence-corrected chi connectivity index (χ0v) is 12.2. The number of amides is 1. The van der Waals surface area contributed by atoms with Crippen molar-refractivity contribution in [2.24, 2.45) is 0 Å². The molecule has 3 nitrogen and oxygen atoms in total. The van der Waals surface area contributed by atoms with E-state index in [4.69, 9.17) is 5.73 Å². The van der Waals surface area contributed by atoms with E-state index in [9.17, 15) is 18.0 Å². The fourth-order valence-electron chi connectivity index (χ4n) is 2.85. The van der Waals surface area contributed by atoms with Gasteiger partial charge in [-0.1, -0.05) is 12.1 Å². The Balaban J connectivity index is 1.71. The number of halogens is 3. The predicted molar refractivity (Wildman–Crippen MR) is 81.0 cm³/mol. The fourth-order valence-corrected chi connectivity index (χ4v) is 2.85. The summed E-state index contributed by atoms with van der Waals surface area (Å²) in [5.41, 5.74) is 7.75. The molecule has 0 bridgehead atoms. The smallest absolute Gasteiger partial charge is 0.399 e. The van der Waals surface area contributed by atoms with Crippen LogP contribution < -0.4 is 11.1 Å². The maximum Gasteiger partial charge on any atom is 0.416 e. The Morgan fingerprint density at radius 3 is 2.57 bits per heavy atom. The van der Waals surface area contributed by atoms with Crippen LogP contribution in [0.1, 0.15) is 27.0 Å². The van der Waals surface area contributed by atoms with Crippen LogP contribution in [0.2, 0.25) is 0 Å². The van der Waals surface area contributed by atoms with E-state index in [0.717, 1.165) is 23.3 Å². The van der Waals surface area contributed by atoms with Gasteiger partial charge in [0, 0.05) is 17.3 Å². The van der Waals surface area contributed by atoms with Crippen molar-refractivity contribution in [1.29, 1.82) is 0 Å². The standard InChI is InChI=1S/C17H15F3N2O/c18-17(19,20)13-3-1-2-11(6-13)16(23)22-15-8-10-4-5-14(21)7-12(10)9-15/h1-7,15H,8-9,21H2,(H,22,23). The third kappa shape index (κ3) is 3.31. The third-order valence-corrected chi connectivity index (χ3v) is 3.95. The number of nitrogens with one attached hydrogen (secondary N) is 1. The van der Waals surface area contributed by atoms with Crippen molar-refractivity contribution < 1.29 is 18.0 Å². The molecule has 0 aliphatic heterocycles. The number of alkyl halides is 3. The Hall–Kier alpha value is -2.50. The number of benzene rings is 2. The number of nitrogen functional groups attached to an aromatic ring is 1. The molecule has 0 saturated heterocycles. The minimum absolute atomic E-state index is 0.00953. The van der Waals surface area contributed by atoms with Crippen LogP contribution in [0.3, 0.4) is 0 Å². The highest BCUT2D eigenvalue weighted by atomic mass is 19.4. The van der Waals surface area contributed by atoms with Crippen molar-refractivity contribution in [2.45, 2.75) is 25.1 Å². The molecule has 23 heavy (non-hydrogen) atoms. The highest BCUT2D eigenvalue weighted by Crippen LogP contribution is 2.30. The SMILES string of the molecule is Nc1ccc2c(c1)CC(NC(=O)c1cccc(C(F)(F)F)c1)C2. The van der Waals surface area contributed by atoms with Crippen molar-refractivity contribution in [3.63, 3.8) is 0 Å². The summed E-state index contributed by atoms with van der Waals surface area (Å²) in [5.74, 6) is -0.498. The first-order valence-electron chi connectivity index (χ1n) is 7.18. The lowest BCUT2D eigenvalue weighted by molar-refractivity contribution is -0.137. The average Bonchev–Trinajstić information content (AvgIpc) is 2.87. The number of nitrogens with two attached hydrogens (primary N) is 1. The Kier molecular flexibility index (Phi) is 3.75. The van der Waals surface area contributed by atoms with E-state index in [1.807, 2.05) is 12.1 Å². The van der Waals surface area contributed by atoms with Gasteiger partial charge in [0.15, 0.2) is 0 Å². The summed E-state index contributed by atoms with van der Waals surface area (Å²) in [7, 11) is 0. The minimum Gasteiger partial charge on any atom is -0.399 e. The van der Waals surface area contributed by atoms with E-state index in [2.05, 4.69) is 5.32 Å². The second-order valence-electron chi connectivity index (χ2n) is 5.69. The first-order chi connectivity index (χ1) is 10.8. The lowest BCUT2D eigenvalue weighted by Crippen LogP contribution is -2.35. The molecule has 0 fully saturated rings. The summed E-state index contributed by atoms with van der Waals surface area (Å²) in [5, 5.41) is 2.79. The number of hydrogen-bond acceptors (Lipinski definition) is 2. The van der Waals surface area contributed by atoms with Crippen molar-refractivity contribution in [2.75, 3.05) is 5.73 Å². The van der Waals surface area contributed by atoms with Gasteiger partial charge in [0.25, 0.3) is 5.91 Å². The fraction of sp³-hybridized carbons (Fsp3) is 0.235. The molecule has 1 unspecified atom stereocenters. The summed E-state index contributed by atoms with van der Waals surface area (Å²) in [6.07, 6.45) is -3.18. The number of fused-ring (bicyclic) bond motifs is 1. The van der Waals surface area contributed by atoms with Gasteiger partial charge in [0.2, 0.25) is 0 Å². The van der Waals surface area contributed by atoms with E-state index in [-0.39, 0.29) is 11.6 Å². The van der Waals surface area contributed by atoms with E-state index < -0.39 is 17.6 Å². The van der Waals surface area contributed by atoms with E-state index in [0.29, 0.717) is 18.5 Å². The van der Waals surface area contributed by atoms with Gasteiger partial charge in [-0.25, -0.2) is 0 Å². The molecule has 1 aliphatic rings. The molecule has 0 heterocycles. The quantitative estimate of drug-likeness (QED) is 0.835. The average molecular weight is 320 g/mol. The summed E-state index contributed by atoms with van der Waals surface area (Å²) in [6, 6.07) is 9.89. The van der Waals surface area contributed by atoms with E-state index in [1.165, 1.54) is 12.1 Å². The molecule has 1 aliphatic carbocycles. The molecule has 0 aromatic heterocycles. The summed E-state index contributed by atoms with van der Waals surface area (Å²) in [6.45, 7) is 0. The van der Waals surface area contributed by atoms with Crippen LogP contribution >= 0.6 is 0 Å². The highest BCUT2D eigenvalue weighted by molar-refractivity contribution is 5.94. The van der Waals surface area contributed by atoms with Gasteiger partial charge in [-0.05, 0) is 54.3 Å². The molecule has 0 saturated carbocycles. The Labute approximate surface area is 131 Å². The first kappa shape index (κ1) is 15.4. The maximum absolute atomic E-state index is 12.7. The highest BCUT2D eigenvalue weighted by Gasteiger charge is 2.31. The van der Waals surface area contributed by atoms with Crippen LogP contribution in [-0.4, -0.2) is 11.9 Å². The van der Waals surface area contributed by atoms with Crippen molar-refractivity contribution in [3.05, 3.63) is 64.7 Å². The van der Waals surface area contributed by atoms with Crippen molar-refractivity contribution >= 4 is 11.6 Å². The second-order valence-corrected chi connectivity index (χ2v) is 5.69. The lowest BCUT2D eigenvalue weighted by Gasteiger charge is -2.13. The number of anilines is 1. The molecule has 1 atom stereocenters. The van der Waals surface area contributed by atoms with E-state index >= 15 is 0 Å². The summed E-state index contributed by atoms with van der Waals surface area (Å²) < 4.78 is 38.1. The van der Waals surface area contributed by atoms with Crippen LogP contribution in [0.25, 0.3) is 0 Å².